The van der Waals surface area contributed by atoms with Crippen LogP contribution in [0.3, 0.4) is 0 Å². The summed E-state index contributed by atoms with van der Waals surface area (Å²) in [5.41, 5.74) is 1.75. The molecule has 0 atom stereocenters. The largest absolute Gasteiger partial charge is 0.322 e. The highest BCUT2D eigenvalue weighted by molar-refractivity contribution is 14.1. The minimum absolute atomic E-state index is 0.163. The fraction of sp³-hybridized carbons (Fsp3) is 0. The van der Waals surface area contributed by atoms with Crippen LogP contribution in [0, 0.1) is 3.57 Å². The lowest BCUT2D eigenvalue weighted by atomic mass is 10.2. The predicted octanol–water partition coefficient (Wildman–Crippen LogP) is 4.60. The fourth-order valence-electron chi connectivity index (χ4n) is 1.50. The van der Waals surface area contributed by atoms with Crippen LogP contribution in [-0.2, 0) is 4.79 Å². The van der Waals surface area contributed by atoms with Gasteiger partial charge in [0.25, 0.3) is 0 Å². The van der Waals surface area contributed by atoms with Gasteiger partial charge in [-0.25, -0.2) is 0 Å². The standard InChI is InChI=1S/C15H11ClINO/c16-12-7-8-14(13(17)10-12)18-15(19)9-6-11-4-2-1-3-5-11/h1-10H,(H,18,19)/b9-6+. The molecule has 0 fully saturated rings. The highest BCUT2D eigenvalue weighted by Gasteiger charge is 2.03. The molecule has 0 aliphatic rings. The molecule has 2 aromatic rings. The summed E-state index contributed by atoms with van der Waals surface area (Å²) in [6.45, 7) is 0. The summed E-state index contributed by atoms with van der Waals surface area (Å²) in [4.78, 5) is 11.8. The number of anilines is 1. The van der Waals surface area contributed by atoms with Crippen LogP contribution in [0.1, 0.15) is 5.56 Å². The summed E-state index contributed by atoms with van der Waals surface area (Å²) in [6, 6.07) is 15.0. The van der Waals surface area contributed by atoms with Crippen LogP contribution in [0.15, 0.2) is 54.6 Å². The molecule has 2 aromatic carbocycles. The summed E-state index contributed by atoms with van der Waals surface area (Å²) >= 11 is 8.00. The molecule has 0 saturated heterocycles. The van der Waals surface area contributed by atoms with Crippen LogP contribution in [0.2, 0.25) is 5.02 Å². The summed E-state index contributed by atoms with van der Waals surface area (Å²) in [6.07, 6.45) is 3.29. The van der Waals surface area contributed by atoms with Gasteiger partial charge in [0.05, 0.1) is 5.69 Å². The molecular weight excluding hydrogens is 373 g/mol. The number of nitrogens with one attached hydrogen (secondary N) is 1. The van der Waals surface area contributed by atoms with E-state index in [1.165, 1.54) is 6.08 Å². The second-order valence-corrected chi connectivity index (χ2v) is 5.46. The number of carbonyl (C=O) groups is 1. The molecule has 0 aromatic heterocycles. The number of benzene rings is 2. The van der Waals surface area contributed by atoms with Crippen LogP contribution < -0.4 is 5.32 Å². The smallest absolute Gasteiger partial charge is 0.248 e. The minimum atomic E-state index is -0.163. The Morgan fingerprint density at radius 3 is 2.58 bits per heavy atom. The van der Waals surface area contributed by atoms with Gasteiger partial charge < -0.3 is 5.32 Å². The quantitative estimate of drug-likeness (QED) is 0.609. The second-order valence-electron chi connectivity index (χ2n) is 3.86. The molecule has 4 heteroatoms. The van der Waals surface area contributed by atoms with Gasteiger partial charge in [0.1, 0.15) is 0 Å². The van der Waals surface area contributed by atoms with Gasteiger partial charge in [-0.05, 0) is 52.4 Å². The number of hydrogen-bond acceptors (Lipinski definition) is 1. The summed E-state index contributed by atoms with van der Waals surface area (Å²) in [5, 5.41) is 3.47. The van der Waals surface area contributed by atoms with Gasteiger partial charge in [-0.15, -0.1) is 0 Å². The molecule has 0 radical (unpaired) electrons. The van der Waals surface area contributed by atoms with Crippen molar-refractivity contribution in [2.24, 2.45) is 0 Å². The maximum absolute atomic E-state index is 11.8. The van der Waals surface area contributed by atoms with Crippen LogP contribution in [0.25, 0.3) is 6.08 Å². The third-order valence-electron chi connectivity index (χ3n) is 2.42. The van der Waals surface area contributed by atoms with E-state index in [0.717, 1.165) is 14.8 Å². The first-order valence-electron chi connectivity index (χ1n) is 5.64. The number of rotatable bonds is 3. The van der Waals surface area contributed by atoms with Crippen LogP contribution in [0.5, 0.6) is 0 Å². The van der Waals surface area contributed by atoms with E-state index in [2.05, 4.69) is 27.9 Å². The highest BCUT2D eigenvalue weighted by atomic mass is 127. The topological polar surface area (TPSA) is 29.1 Å². The third kappa shape index (κ3) is 4.36. The van der Waals surface area contributed by atoms with Crippen molar-refractivity contribution < 1.29 is 4.79 Å². The Balaban J connectivity index is 2.04. The van der Waals surface area contributed by atoms with Gasteiger partial charge >= 0.3 is 0 Å². The Morgan fingerprint density at radius 2 is 1.89 bits per heavy atom. The Hall–Kier alpha value is -1.33. The Kier molecular flexibility index (Phi) is 4.99. The number of carbonyl (C=O) groups excluding carboxylic acids is 1. The molecule has 0 heterocycles. The minimum Gasteiger partial charge on any atom is -0.322 e. The van der Waals surface area contributed by atoms with Gasteiger partial charge in [-0.3, -0.25) is 4.79 Å². The van der Waals surface area contributed by atoms with Crippen molar-refractivity contribution in [3.8, 4) is 0 Å². The van der Waals surface area contributed by atoms with E-state index in [1.807, 2.05) is 30.3 Å². The molecule has 2 nitrogen and oxygen atoms in total. The summed E-state index contributed by atoms with van der Waals surface area (Å²) in [5.74, 6) is -0.163. The van der Waals surface area contributed by atoms with E-state index in [1.54, 1.807) is 24.3 Å². The monoisotopic (exact) mass is 383 g/mol. The molecule has 1 amide bonds. The Morgan fingerprint density at radius 1 is 1.16 bits per heavy atom. The van der Waals surface area contributed by atoms with Gasteiger partial charge in [0.2, 0.25) is 5.91 Å². The van der Waals surface area contributed by atoms with E-state index in [0.29, 0.717) is 5.02 Å². The van der Waals surface area contributed by atoms with Crippen molar-refractivity contribution in [1.29, 1.82) is 0 Å². The van der Waals surface area contributed by atoms with Crippen molar-refractivity contribution in [1.82, 2.24) is 0 Å². The van der Waals surface area contributed by atoms with E-state index in [-0.39, 0.29) is 5.91 Å². The fourth-order valence-corrected chi connectivity index (χ4v) is 2.51. The van der Waals surface area contributed by atoms with Crippen molar-refractivity contribution in [2.75, 3.05) is 5.32 Å². The lowest BCUT2D eigenvalue weighted by molar-refractivity contribution is -0.111. The number of amides is 1. The first-order valence-corrected chi connectivity index (χ1v) is 7.10. The summed E-state index contributed by atoms with van der Waals surface area (Å²) in [7, 11) is 0. The van der Waals surface area contributed by atoms with Crippen molar-refractivity contribution in [3.63, 3.8) is 0 Å². The average Bonchev–Trinajstić information content (AvgIpc) is 2.41. The van der Waals surface area contributed by atoms with E-state index >= 15 is 0 Å². The van der Waals surface area contributed by atoms with Crippen molar-refractivity contribution in [3.05, 3.63) is 68.8 Å². The molecule has 96 valence electrons. The van der Waals surface area contributed by atoms with Crippen molar-refractivity contribution >= 4 is 51.9 Å². The van der Waals surface area contributed by atoms with Gasteiger partial charge in [-0.2, -0.15) is 0 Å². The molecular formula is C15H11ClINO. The van der Waals surface area contributed by atoms with E-state index < -0.39 is 0 Å². The van der Waals surface area contributed by atoms with Crippen LogP contribution in [0.4, 0.5) is 5.69 Å². The first-order chi connectivity index (χ1) is 9.15. The van der Waals surface area contributed by atoms with E-state index in [9.17, 15) is 4.79 Å². The van der Waals surface area contributed by atoms with Gasteiger partial charge in [-0.1, -0.05) is 41.9 Å². The normalized spacial score (nSPS) is 10.6. The zero-order valence-corrected chi connectivity index (χ0v) is 12.9. The van der Waals surface area contributed by atoms with Crippen molar-refractivity contribution in [2.45, 2.75) is 0 Å². The first kappa shape index (κ1) is 14.1. The molecule has 0 aliphatic heterocycles. The van der Waals surface area contributed by atoms with Crippen LogP contribution >= 0.6 is 34.2 Å². The predicted molar refractivity (Wildman–Crippen MR) is 88.3 cm³/mol. The molecule has 0 saturated carbocycles. The zero-order chi connectivity index (χ0) is 13.7. The Bertz CT molecular complexity index is 611. The maximum Gasteiger partial charge on any atom is 0.248 e. The molecule has 0 bridgehead atoms. The second kappa shape index (κ2) is 6.73. The number of hydrogen-bond donors (Lipinski definition) is 1. The number of halogens is 2. The lowest BCUT2D eigenvalue weighted by Gasteiger charge is -2.05. The lowest BCUT2D eigenvalue weighted by Crippen LogP contribution is -2.08. The zero-order valence-electron chi connectivity index (χ0n) is 9.94. The van der Waals surface area contributed by atoms with Gasteiger partial charge in [0, 0.05) is 14.7 Å². The molecule has 2 rings (SSSR count). The SMILES string of the molecule is O=C(/C=C/c1ccccc1)Nc1ccc(Cl)cc1I. The average molecular weight is 384 g/mol. The highest BCUT2D eigenvalue weighted by Crippen LogP contribution is 2.22. The van der Waals surface area contributed by atoms with Gasteiger partial charge in [0.15, 0.2) is 0 Å². The molecule has 0 aliphatic carbocycles. The maximum atomic E-state index is 11.8. The third-order valence-corrected chi connectivity index (χ3v) is 3.54. The summed E-state index contributed by atoms with van der Waals surface area (Å²) < 4.78 is 0.909. The van der Waals surface area contributed by atoms with Crippen LogP contribution in [-0.4, -0.2) is 5.91 Å². The molecule has 0 unspecified atom stereocenters. The van der Waals surface area contributed by atoms with E-state index in [4.69, 9.17) is 11.6 Å². The molecule has 0 spiro atoms. The Labute approximate surface area is 130 Å². The molecule has 19 heavy (non-hydrogen) atoms. The molecule has 1 N–H and O–H groups in total.